The molecular formula is C34H56N8OS. The van der Waals surface area contributed by atoms with Crippen LogP contribution in [-0.4, -0.2) is 81.1 Å². The second kappa shape index (κ2) is 19.0. The van der Waals surface area contributed by atoms with E-state index >= 15 is 0 Å². The summed E-state index contributed by atoms with van der Waals surface area (Å²) in [7, 11) is 0. The average Bonchev–Trinajstić information content (AvgIpc) is 3.45. The van der Waals surface area contributed by atoms with Crippen LogP contribution in [0.2, 0.25) is 0 Å². The summed E-state index contributed by atoms with van der Waals surface area (Å²) in [6.07, 6.45) is 6.77. The Hall–Kier alpha value is -2.66. The normalized spacial score (nSPS) is 16.0. The van der Waals surface area contributed by atoms with Crippen molar-refractivity contribution in [3.8, 4) is 0 Å². The van der Waals surface area contributed by atoms with Gasteiger partial charge in [-0.05, 0) is 82.2 Å². The fraction of sp³-hybridized carbons (Fsp3) is 0.618. The molecule has 2 aliphatic heterocycles. The maximum absolute atomic E-state index is 5.45. The first kappa shape index (κ1) is 35.8. The molecule has 2 fully saturated rings. The molecule has 4 heterocycles. The Bertz CT molecular complexity index is 1250. The molecule has 1 aromatic carbocycles. The molecule has 3 aromatic rings. The Morgan fingerprint density at radius 2 is 1.64 bits per heavy atom. The van der Waals surface area contributed by atoms with E-state index in [1.54, 1.807) is 0 Å². The lowest BCUT2D eigenvalue weighted by Gasteiger charge is -2.32. The summed E-state index contributed by atoms with van der Waals surface area (Å²) >= 11 is 2.04. The predicted octanol–water partition coefficient (Wildman–Crippen LogP) is 7.91. The number of piperidine rings is 1. The van der Waals surface area contributed by atoms with Crippen LogP contribution in [-0.2, 0) is 4.74 Å². The summed E-state index contributed by atoms with van der Waals surface area (Å²) in [5, 5.41) is 13.9. The van der Waals surface area contributed by atoms with Crippen molar-refractivity contribution in [1.82, 2.24) is 29.4 Å². The average molecular weight is 625 g/mol. The molecule has 0 spiro atoms. The van der Waals surface area contributed by atoms with E-state index in [1.165, 1.54) is 54.7 Å². The zero-order valence-electron chi connectivity index (χ0n) is 28.4. The standard InChI is InChI=1S/C29H42N8OS.C3H8.C2H6/c1-20-17-26(31-29-30-19-22(3)28(33-29)32-27-18-23(4)34-35-27)21(2)16-25(20)24-6-9-37(10-7-24)39-15-5-8-36-11-13-38-14-12-36;1-3-2;1-2/h16-19,24H,5-15H2,1-4H3,(H3,30,31,32,33,34,35);3H2,1-2H3;1-2H3. The monoisotopic (exact) mass is 624 g/mol. The van der Waals surface area contributed by atoms with Crippen molar-refractivity contribution in [2.24, 2.45) is 0 Å². The van der Waals surface area contributed by atoms with Crippen LogP contribution in [0.1, 0.15) is 87.2 Å². The van der Waals surface area contributed by atoms with Gasteiger partial charge in [-0.3, -0.25) is 14.3 Å². The topological polar surface area (TPSA) is 94.2 Å². The summed E-state index contributed by atoms with van der Waals surface area (Å²) < 4.78 is 8.04. The highest BCUT2D eigenvalue weighted by Crippen LogP contribution is 2.35. The van der Waals surface area contributed by atoms with E-state index in [0.717, 1.165) is 68.0 Å². The number of morpholine rings is 1. The fourth-order valence-corrected chi connectivity index (χ4v) is 6.35. The van der Waals surface area contributed by atoms with Crippen LogP contribution in [0.15, 0.2) is 24.4 Å². The molecule has 0 radical (unpaired) electrons. The molecule has 0 aliphatic carbocycles. The van der Waals surface area contributed by atoms with Crippen LogP contribution in [0.25, 0.3) is 0 Å². The Morgan fingerprint density at radius 1 is 0.932 bits per heavy atom. The van der Waals surface area contributed by atoms with Crippen molar-refractivity contribution in [1.29, 1.82) is 0 Å². The van der Waals surface area contributed by atoms with Crippen LogP contribution in [0.4, 0.5) is 23.3 Å². The summed E-state index contributed by atoms with van der Waals surface area (Å²) in [6.45, 7) is 24.1. The number of nitrogens with zero attached hydrogens (tertiary/aromatic N) is 5. The van der Waals surface area contributed by atoms with E-state index < -0.39 is 0 Å². The van der Waals surface area contributed by atoms with Gasteiger partial charge in [-0.25, -0.2) is 4.98 Å². The van der Waals surface area contributed by atoms with Gasteiger partial charge in [0.15, 0.2) is 5.82 Å². The molecule has 2 saturated heterocycles. The molecule has 3 N–H and O–H groups in total. The summed E-state index contributed by atoms with van der Waals surface area (Å²) in [6, 6.07) is 6.58. The quantitative estimate of drug-likeness (QED) is 0.154. The van der Waals surface area contributed by atoms with Crippen molar-refractivity contribution in [3.63, 3.8) is 0 Å². The number of aromatic nitrogens is 4. The molecule has 44 heavy (non-hydrogen) atoms. The maximum atomic E-state index is 5.45. The lowest BCUT2D eigenvalue weighted by molar-refractivity contribution is 0.0381. The molecule has 2 aromatic heterocycles. The third kappa shape index (κ3) is 11.1. The second-order valence-corrected chi connectivity index (χ2v) is 12.7. The number of H-pyrrole nitrogens is 1. The van der Waals surface area contributed by atoms with Crippen LogP contribution in [0.5, 0.6) is 0 Å². The zero-order valence-corrected chi connectivity index (χ0v) is 29.2. The number of ether oxygens (including phenoxy) is 1. The first-order valence-corrected chi connectivity index (χ1v) is 17.5. The number of aryl methyl sites for hydroxylation is 4. The molecule has 0 unspecified atom stereocenters. The fourth-order valence-electron chi connectivity index (χ4n) is 5.37. The molecule has 0 saturated carbocycles. The molecule has 2 aliphatic rings. The minimum absolute atomic E-state index is 0.574. The van der Waals surface area contributed by atoms with Gasteiger partial charge in [0.25, 0.3) is 0 Å². The zero-order chi connectivity index (χ0) is 31.9. The van der Waals surface area contributed by atoms with E-state index in [0.29, 0.717) is 11.9 Å². The van der Waals surface area contributed by atoms with Gasteiger partial charge in [-0.2, -0.15) is 10.1 Å². The first-order chi connectivity index (χ1) is 21.4. The minimum atomic E-state index is 0.574. The smallest absolute Gasteiger partial charge is 0.229 e. The van der Waals surface area contributed by atoms with Gasteiger partial charge in [0, 0.05) is 61.1 Å². The SMILES string of the molecule is CC.CCC.Cc1cc(Nc2nc(Nc3cc(C)c(C4CCN(SCCCN5CCOCC5)CC4)cc3C)ncc2C)n[nH]1. The lowest BCUT2D eigenvalue weighted by Crippen LogP contribution is -2.37. The molecule has 9 nitrogen and oxygen atoms in total. The van der Waals surface area contributed by atoms with Crippen molar-refractivity contribution in [2.45, 2.75) is 87.0 Å². The number of nitrogens with one attached hydrogen (secondary N) is 3. The third-order valence-electron chi connectivity index (χ3n) is 7.67. The predicted molar refractivity (Wildman–Crippen MR) is 188 cm³/mol. The van der Waals surface area contributed by atoms with Gasteiger partial charge in [-0.15, -0.1) is 0 Å². The van der Waals surface area contributed by atoms with Crippen LogP contribution >= 0.6 is 11.9 Å². The Morgan fingerprint density at radius 3 is 2.30 bits per heavy atom. The van der Waals surface area contributed by atoms with Crippen molar-refractivity contribution in [3.05, 3.63) is 52.3 Å². The van der Waals surface area contributed by atoms with Crippen LogP contribution in [0.3, 0.4) is 0 Å². The van der Waals surface area contributed by atoms with Crippen molar-refractivity contribution < 1.29 is 4.74 Å². The molecule has 10 heteroatoms. The van der Waals surface area contributed by atoms with Gasteiger partial charge >= 0.3 is 0 Å². The van der Waals surface area contributed by atoms with Gasteiger partial charge in [0.1, 0.15) is 5.82 Å². The molecular weight excluding hydrogens is 568 g/mol. The van der Waals surface area contributed by atoms with E-state index in [2.05, 4.69) is 74.8 Å². The first-order valence-electron chi connectivity index (χ1n) is 16.5. The van der Waals surface area contributed by atoms with E-state index in [4.69, 9.17) is 9.72 Å². The number of hydrogen-bond acceptors (Lipinski definition) is 9. The number of aromatic amines is 1. The third-order valence-corrected chi connectivity index (χ3v) is 8.88. The molecule has 244 valence electrons. The molecule has 0 atom stereocenters. The van der Waals surface area contributed by atoms with Gasteiger partial charge in [0.05, 0.1) is 13.2 Å². The maximum Gasteiger partial charge on any atom is 0.229 e. The number of rotatable bonds is 10. The molecule has 5 rings (SSSR count). The minimum Gasteiger partial charge on any atom is -0.379 e. The summed E-state index contributed by atoms with van der Waals surface area (Å²) in [5.74, 6) is 3.89. The van der Waals surface area contributed by atoms with Crippen LogP contribution < -0.4 is 10.6 Å². The van der Waals surface area contributed by atoms with E-state index in [1.807, 2.05) is 51.9 Å². The summed E-state index contributed by atoms with van der Waals surface area (Å²) in [5.41, 5.74) is 7.05. The lowest BCUT2D eigenvalue weighted by atomic mass is 9.86. The largest absolute Gasteiger partial charge is 0.379 e. The Kier molecular flexibility index (Phi) is 15.5. The highest BCUT2D eigenvalue weighted by molar-refractivity contribution is 7.97. The number of anilines is 4. The number of hydrogen-bond donors (Lipinski definition) is 3. The highest BCUT2D eigenvalue weighted by atomic mass is 32.2. The van der Waals surface area contributed by atoms with Crippen LogP contribution in [0, 0.1) is 27.7 Å². The van der Waals surface area contributed by atoms with E-state index in [9.17, 15) is 0 Å². The van der Waals surface area contributed by atoms with Gasteiger partial charge < -0.3 is 15.4 Å². The van der Waals surface area contributed by atoms with Crippen molar-refractivity contribution in [2.75, 3.05) is 62.3 Å². The molecule has 0 amide bonds. The Balaban J connectivity index is 0.000000997. The van der Waals surface area contributed by atoms with E-state index in [-0.39, 0.29) is 0 Å². The van der Waals surface area contributed by atoms with Gasteiger partial charge in [0.2, 0.25) is 5.95 Å². The van der Waals surface area contributed by atoms with Gasteiger partial charge in [-0.1, -0.05) is 52.1 Å². The second-order valence-electron chi connectivity index (χ2n) is 11.5. The number of benzene rings is 1. The highest BCUT2D eigenvalue weighted by Gasteiger charge is 2.23. The Labute approximate surface area is 270 Å². The summed E-state index contributed by atoms with van der Waals surface area (Å²) in [4.78, 5) is 11.8. The molecule has 0 bridgehead atoms. The van der Waals surface area contributed by atoms with Crippen molar-refractivity contribution >= 4 is 35.2 Å².